The SMILES string of the molecule is CC(C)(C)OC(=O)NCC1CCCN(C(=O)c2ccsc2)C1. The number of piperidine rings is 1. The lowest BCUT2D eigenvalue weighted by Gasteiger charge is -2.33. The van der Waals surface area contributed by atoms with E-state index in [1.54, 1.807) is 0 Å². The zero-order valence-electron chi connectivity index (χ0n) is 13.4. The van der Waals surface area contributed by atoms with Gasteiger partial charge < -0.3 is 15.0 Å². The van der Waals surface area contributed by atoms with E-state index in [9.17, 15) is 9.59 Å². The van der Waals surface area contributed by atoms with Crippen molar-refractivity contribution in [3.8, 4) is 0 Å². The predicted molar refractivity (Wildman–Crippen MR) is 87.2 cm³/mol. The smallest absolute Gasteiger partial charge is 0.407 e. The molecule has 22 heavy (non-hydrogen) atoms. The molecule has 2 heterocycles. The molecular formula is C16H24N2O3S. The van der Waals surface area contributed by atoms with Crippen LogP contribution in [-0.4, -0.2) is 42.1 Å². The Morgan fingerprint density at radius 1 is 1.45 bits per heavy atom. The number of carbonyl (C=O) groups is 2. The first-order valence-corrected chi connectivity index (χ1v) is 8.58. The number of amides is 2. The second kappa shape index (κ2) is 7.13. The molecule has 1 unspecified atom stereocenters. The molecule has 1 aromatic rings. The highest BCUT2D eigenvalue weighted by Crippen LogP contribution is 2.19. The second-order valence-corrected chi connectivity index (χ2v) is 7.43. The van der Waals surface area contributed by atoms with E-state index in [4.69, 9.17) is 4.74 Å². The first-order chi connectivity index (χ1) is 10.3. The summed E-state index contributed by atoms with van der Waals surface area (Å²) < 4.78 is 5.23. The summed E-state index contributed by atoms with van der Waals surface area (Å²) in [6, 6.07) is 1.86. The maximum absolute atomic E-state index is 12.4. The molecule has 0 aliphatic carbocycles. The molecule has 1 aliphatic rings. The summed E-state index contributed by atoms with van der Waals surface area (Å²) >= 11 is 1.53. The van der Waals surface area contributed by atoms with E-state index in [-0.39, 0.29) is 11.8 Å². The van der Waals surface area contributed by atoms with E-state index in [1.807, 2.05) is 42.5 Å². The Balaban J connectivity index is 1.81. The number of likely N-dealkylation sites (tertiary alicyclic amines) is 1. The summed E-state index contributed by atoms with van der Waals surface area (Å²) in [5, 5.41) is 6.60. The summed E-state index contributed by atoms with van der Waals surface area (Å²) in [6.45, 7) is 7.54. The van der Waals surface area contributed by atoms with Gasteiger partial charge in [-0.3, -0.25) is 4.79 Å². The fourth-order valence-corrected chi connectivity index (χ4v) is 3.16. The van der Waals surface area contributed by atoms with Gasteiger partial charge in [0.15, 0.2) is 0 Å². The van der Waals surface area contributed by atoms with E-state index in [1.165, 1.54) is 11.3 Å². The van der Waals surface area contributed by atoms with Gasteiger partial charge >= 0.3 is 6.09 Å². The molecule has 1 aliphatic heterocycles. The van der Waals surface area contributed by atoms with E-state index in [0.717, 1.165) is 24.9 Å². The molecule has 5 nitrogen and oxygen atoms in total. The minimum absolute atomic E-state index is 0.0863. The van der Waals surface area contributed by atoms with Crippen LogP contribution in [0.5, 0.6) is 0 Å². The molecule has 0 bridgehead atoms. The molecule has 2 amide bonds. The maximum atomic E-state index is 12.4. The van der Waals surface area contributed by atoms with Gasteiger partial charge in [-0.2, -0.15) is 11.3 Å². The third-order valence-electron chi connectivity index (χ3n) is 3.51. The molecule has 0 aromatic carbocycles. The van der Waals surface area contributed by atoms with Crippen LogP contribution in [0.4, 0.5) is 4.79 Å². The highest BCUT2D eigenvalue weighted by Gasteiger charge is 2.25. The van der Waals surface area contributed by atoms with Crippen LogP contribution in [-0.2, 0) is 4.74 Å². The first-order valence-electron chi connectivity index (χ1n) is 7.63. The summed E-state index contributed by atoms with van der Waals surface area (Å²) in [5.74, 6) is 0.368. The zero-order valence-corrected chi connectivity index (χ0v) is 14.2. The normalized spacial score (nSPS) is 18.9. The summed E-state index contributed by atoms with van der Waals surface area (Å²) in [6.07, 6.45) is 1.59. The second-order valence-electron chi connectivity index (χ2n) is 6.65. The molecule has 1 fully saturated rings. The van der Waals surface area contributed by atoms with Crippen molar-refractivity contribution in [3.05, 3.63) is 22.4 Å². The molecular weight excluding hydrogens is 300 g/mol. The third-order valence-corrected chi connectivity index (χ3v) is 4.19. The van der Waals surface area contributed by atoms with Gasteiger partial charge in [-0.1, -0.05) is 0 Å². The molecule has 1 aromatic heterocycles. The topological polar surface area (TPSA) is 58.6 Å². The van der Waals surface area contributed by atoms with E-state index >= 15 is 0 Å². The number of nitrogens with one attached hydrogen (secondary N) is 1. The first kappa shape index (κ1) is 16.8. The van der Waals surface area contributed by atoms with Crippen LogP contribution in [0.1, 0.15) is 44.0 Å². The Kier molecular flexibility index (Phi) is 5.45. The van der Waals surface area contributed by atoms with Crippen molar-refractivity contribution in [2.24, 2.45) is 5.92 Å². The van der Waals surface area contributed by atoms with Gasteiger partial charge in [0.1, 0.15) is 5.60 Å². The summed E-state index contributed by atoms with van der Waals surface area (Å²) in [5.41, 5.74) is 0.267. The number of carbonyl (C=O) groups excluding carboxylic acids is 2. The highest BCUT2D eigenvalue weighted by molar-refractivity contribution is 7.08. The Hall–Kier alpha value is -1.56. The number of hydrogen-bond acceptors (Lipinski definition) is 4. The van der Waals surface area contributed by atoms with Crippen molar-refractivity contribution in [2.75, 3.05) is 19.6 Å². The van der Waals surface area contributed by atoms with Crippen molar-refractivity contribution in [3.63, 3.8) is 0 Å². The van der Waals surface area contributed by atoms with Crippen LogP contribution in [0, 0.1) is 5.92 Å². The zero-order chi connectivity index (χ0) is 16.2. The van der Waals surface area contributed by atoms with Crippen LogP contribution in [0.15, 0.2) is 16.8 Å². The lowest BCUT2D eigenvalue weighted by Crippen LogP contribution is -2.44. The minimum atomic E-state index is -0.488. The van der Waals surface area contributed by atoms with E-state index in [0.29, 0.717) is 13.1 Å². The van der Waals surface area contributed by atoms with Crippen LogP contribution < -0.4 is 5.32 Å². The van der Waals surface area contributed by atoms with Crippen molar-refractivity contribution in [1.82, 2.24) is 10.2 Å². The Morgan fingerprint density at radius 2 is 2.23 bits per heavy atom. The number of ether oxygens (including phenoxy) is 1. The van der Waals surface area contributed by atoms with Gasteiger partial charge in [0, 0.05) is 25.0 Å². The monoisotopic (exact) mass is 324 g/mol. The van der Waals surface area contributed by atoms with Gasteiger partial charge in [-0.15, -0.1) is 0 Å². The molecule has 1 saturated heterocycles. The van der Waals surface area contributed by atoms with Crippen LogP contribution >= 0.6 is 11.3 Å². The number of hydrogen-bond donors (Lipinski definition) is 1. The van der Waals surface area contributed by atoms with Crippen LogP contribution in [0.25, 0.3) is 0 Å². The highest BCUT2D eigenvalue weighted by atomic mass is 32.1. The number of rotatable bonds is 3. The molecule has 0 saturated carbocycles. The van der Waals surface area contributed by atoms with Crippen molar-refractivity contribution in [2.45, 2.75) is 39.2 Å². The summed E-state index contributed by atoms with van der Waals surface area (Å²) in [4.78, 5) is 25.9. The van der Waals surface area contributed by atoms with Crippen molar-refractivity contribution < 1.29 is 14.3 Å². The number of alkyl carbamates (subject to hydrolysis) is 1. The number of thiophene rings is 1. The maximum Gasteiger partial charge on any atom is 0.407 e. The standard InChI is InChI=1S/C16H24N2O3S/c1-16(2,3)21-15(20)17-9-12-5-4-7-18(10-12)14(19)13-6-8-22-11-13/h6,8,11-12H,4-5,7,9-10H2,1-3H3,(H,17,20). The van der Waals surface area contributed by atoms with Crippen LogP contribution in [0.3, 0.4) is 0 Å². The van der Waals surface area contributed by atoms with E-state index in [2.05, 4.69) is 5.32 Å². The van der Waals surface area contributed by atoms with Gasteiger partial charge in [-0.05, 0) is 51.0 Å². The van der Waals surface area contributed by atoms with Crippen molar-refractivity contribution >= 4 is 23.3 Å². The minimum Gasteiger partial charge on any atom is -0.444 e. The fourth-order valence-electron chi connectivity index (χ4n) is 2.53. The predicted octanol–water partition coefficient (Wildman–Crippen LogP) is 3.13. The van der Waals surface area contributed by atoms with Crippen LogP contribution in [0.2, 0.25) is 0 Å². The average molecular weight is 324 g/mol. The largest absolute Gasteiger partial charge is 0.444 e. The Labute approximate surface area is 135 Å². The molecule has 0 radical (unpaired) electrons. The van der Waals surface area contributed by atoms with Gasteiger partial charge in [0.25, 0.3) is 5.91 Å². The van der Waals surface area contributed by atoms with Gasteiger partial charge in [0.05, 0.1) is 5.56 Å². The van der Waals surface area contributed by atoms with E-state index < -0.39 is 11.7 Å². The van der Waals surface area contributed by atoms with Crippen molar-refractivity contribution in [1.29, 1.82) is 0 Å². The van der Waals surface area contributed by atoms with Gasteiger partial charge in [-0.25, -0.2) is 4.79 Å². The Morgan fingerprint density at radius 3 is 2.86 bits per heavy atom. The molecule has 0 spiro atoms. The Bertz CT molecular complexity index is 508. The lowest BCUT2D eigenvalue weighted by atomic mass is 9.97. The molecule has 2 rings (SSSR count). The number of nitrogens with zero attached hydrogens (tertiary/aromatic N) is 1. The quantitative estimate of drug-likeness (QED) is 0.929. The van der Waals surface area contributed by atoms with Gasteiger partial charge in [0.2, 0.25) is 0 Å². The molecule has 1 atom stereocenters. The molecule has 122 valence electrons. The lowest BCUT2D eigenvalue weighted by molar-refractivity contribution is 0.0502. The molecule has 6 heteroatoms. The summed E-state index contributed by atoms with van der Waals surface area (Å²) in [7, 11) is 0. The fraction of sp³-hybridized carbons (Fsp3) is 0.625. The molecule has 1 N–H and O–H groups in total. The average Bonchev–Trinajstić information content (AvgIpc) is 2.97. The third kappa shape index (κ3) is 5.02.